The van der Waals surface area contributed by atoms with Crippen molar-refractivity contribution in [2.45, 2.75) is 40.2 Å². The number of carboxylic acids is 1. The fraction of sp³-hybridized carbons (Fsp3) is 0.611. The van der Waals surface area contributed by atoms with E-state index in [1.54, 1.807) is 10.9 Å². The van der Waals surface area contributed by atoms with Crippen molar-refractivity contribution in [2.75, 3.05) is 0 Å². The molecular formula is C18H25N3O3. The molecular weight excluding hydrogens is 306 g/mol. The Morgan fingerprint density at radius 2 is 1.92 bits per heavy atom. The lowest BCUT2D eigenvalue weighted by molar-refractivity contribution is -0.149. The third-order valence-corrected chi connectivity index (χ3v) is 5.80. The Morgan fingerprint density at radius 1 is 1.29 bits per heavy atom. The minimum Gasteiger partial charge on any atom is -0.481 e. The average molecular weight is 331 g/mol. The monoisotopic (exact) mass is 331 g/mol. The van der Waals surface area contributed by atoms with E-state index in [1.165, 1.54) is 11.1 Å². The van der Waals surface area contributed by atoms with Gasteiger partial charge in [0.25, 0.3) is 0 Å². The van der Waals surface area contributed by atoms with Crippen molar-refractivity contribution >= 4 is 11.9 Å². The van der Waals surface area contributed by atoms with Crippen LogP contribution in [0.2, 0.25) is 0 Å². The molecule has 0 unspecified atom stereocenters. The van der Waals surface area contributed by atoms with Crippen LogP contribution in [0.3, 0.4) is 0 Å². The molecule has 2 bridgehead atoms. The van der Waals surface area contributed by atoms with E-state index in [-0.39, 0.29) is 17.7 Å². The third-order valence-electron chi connectivity index (χ3n) is 5.80. The predicted molar refractivity (Wildman–Crippen MR) is 89.0 cm³/mol. The number of amides is 1. The number of nitrogens with zero attached hydrogens (tertiary/aromatic N) is 2. The maximum absolute atomic E-state index is 12.8. The van der Waals surface area contributed by atoms with Gasteiger partial charge in [-0.25, -0.2) is 0 Å². The van der Waals surface area contributed by atoms with Gasteiger partial charge in [0.2, 0.25) is 5.91 Å². The third kappa shape index (κ3) is 2.54. The first kappa shape index (κ1) is 16.7. The van der Waals surface area contributed by atoms with Gasteiger partial charge in [-0.15, -0.1) is 0 Å². The number of aromatic nitrogens is 2. The number of nitrogens with one attached hydrogen (secondary N) is 1. The summed E-state index contributed by atoms with van der Waals surface area (Å²) < 4.78 is 1.76. The van der Waals surface area contributed by atoms with E-state index < -0.39 is 17.8 Å². The molecule has 1 aromatic heterocycles. The number of carboxylic acid groups (broad SMARTS) is 1. The number of carbonyl (C=O) groups excluding carboxylic acids is 1. The molecule has 0 aromatic carbocycles. The lowest BCUT2D eigenvalue weighted by atomic mass is 9.78. The highest BCUT2D eigenvalue weighted by Gasteiger charge is 2.57. The first-order chi connectivity index (χ1) is 11.3. The van der Waals surface area contributed by atoms with Gasteiger partial charge in [-0.1, -0.05) is 11.1 Å². The normalized spacial score (nSPS) is 28.2. The van der Waals surface area contributed by atoms with Crippen LogP contribution in [0.4, 0.5) is 0 Å². The molecule has 2 N–H and O–H groups in total. The summed E-state index contributed by atoms with van der Waals surface area (Å²) >= 11 is 0. The van der Waals surface area contributed by atoms with Crippen LogP contribution in [0.5, 0.6) is 0 Å². The zero-order valence-corrected chi connectivity index (χ0v) is 14.7. The van der Waals surface area contributed by atoms with Gasteiger partial charge in [0.1, 0.15) is 0 Å². The van der Waals surface area contributed by atoms with E-state index in [2.05, 4.69) is 10.4 Å². The molecule has 24 heavy (non-hydrogen) atoms. The van der Waals surface area contributed by atoms with Crippen LogP contribution >= 0.6 is 0 Å². The maximum atomic E-state index is 12.8. The molecule has 6 heteroatoms. The summed E-state index contributed by atoms with van der Waals surface area (Å²) in [4.78, 5) is 24.6. The van der Waals surface area contributed by atoms with Crippen LogP contribution in [0.1, 0.15) is 37.9 Å². The Hall–Kier alpha value is -2.11. The number of aryl methyl sites for hydroxylation is 1. The summed E-state index contributed by atoms with van der Waals surface area (Å²) in [6.07, 6.45) is 3.54. The number of hydrogen-bond donors (Lipinski definition) is 2. The summed E-state index contributed by atoms with van der Waals surface area (Å²) in [6, 6.07) is 0. The lowest BCUT2D eigenvalue weighted by Crippen LogP contribution is -2.41. The van der Waals surface area contributed by atoms with E-state index in [4.69, 9.17) is 0 Å². The molecule has 2 aliphatic carbocycles. The second-order valence-corrected chi connectivity index (χ2v) is 7.23. The van der Waals surface area contributed by atoms with Crippen molar-refractivity contribution in [1.82, 2.24) is 15.1 Å². The Bertz CT molecular complexity index is 715. The molecule has 1 aromatic rings. The molecule has 130 valence electrons. The van der Waals surface area contributed by atoms with Crippen molar-refractivity contribution in [3.8, 4) is 0 Å². The largest absolute Gasteiger partial charge is 0.481 e. The van der Waals surface area contributed by atoms with Crippen LogP contribution in [-0.2, 0) is 23.2 Å². The Morgan fingerprint density at radius 3 is 2.42 bits per heavy atom. The molecule has 3 rings (SSSR count). The average Bonchev–Trinajstić information content (AvgIpc) is 3.18. The molecule has 0 aliphatic heterocycles. The lowest BCUT2D eigenvalue weighted by Gasteiger charge is -2.26. The van der Waals surface area contributed by atoms with Crippen LogP contribution in [0, 0.1) is 30.6 Å². The fourth-order valence-corrected chi connectivity index (χ4v) is 4.62. The number of rotatable bonds is 4. The van der Waals surface area contributed by atoms with Crippen molar-refractivity contribution < 1.29 is 14.7 Å². The molecule has 0 radical (unpaired) electrons. The summed E-state index contributed by atoms with van der Waals surface area (Å²) in [5, 5.41) is 16.8. The van der Waals surface area contributed by atoms with Crippen LogP contribution in [-0.4, -0.2) is 26.8 Å². The van der Waals surface area contributed by atoms with Crippen LogP contribution in [0.25, 0.3) is 0 Å². The van der Waals surface area contributed by atoms with E-state index in [1.807, 2.05) is 27.8 Å². The van der Waals surface area contributed by atoms with Crippen LogP contribution < -0.4 is 5.32 Å². The SMILES string of the molecule is CC(C)=C1[C@@H]2CC[C@@H]1[C@@H](C(=O)NCc1cnn(C)c1C)[C@@H]2C(=O)O. The highest BCUT2D eigenvalue weighted by molar-refractivity contribution is 5.87. The number of fused-ring (bicyclic) bond motifs is 2. The summed E-state index contributed by atoms with van der Waals surface area (Å²) in [7, 11) is 1.86. The molecule has 0 spiro atoms. The van der Waals surface area contributed by atoms with E-state index in [9.17, 15) is 14.7 Å². The minimum absolute atomic E-state index is 0.0216. The quantitative estimate of drug-likeness (QED) is 0.827. The highest BCUT2D eigenvalue weighted by Crippen LogP contribution is 2.57. The zero-order valence-electron chi connectivity index (χ0n) is 14.7. The van der Waals surface area contributed by atoms with Crippen molar-refractivity contribution in [3.05, 3.63) is 28.6 Å². The molecule has 6 nitrogen and oxygen atoms in total. The smallest absolute Gasteiger partial charge is 0.307 e. The second kappa shape index (κ2) is 6.07. The van der Waals surface area contributed by atoms with Gasteiger partial charge in [-0.2, -0.15) is 5.10 Å². The fourth-order valence-electron chi connectivity index (χ4n) is 4.62. The summed E-state index contributed by atoms with van der Waals surface area (Å²) in [5.41, 5.74) is 4.35. The topological polar surface area (TPSA) is 84.2 Å². The standard InChI is InChI=1S/C18H25N3O3/c1-9(2)14-12-5-6-13(14)16(18(23)24)15(12)17(22)19-7-11-8-20-21(4)10(11)3/h8,12-13,15-16H,5-7H2,1-4H3,(H,19,22)(H,23,24)/t12-,13-,15+,16+/m0/s1. The van der Waals surface area contributed by atoms with Crippen LogP contribution in [0.15, 0.2) is 17.3 Å². The summed E-state index contributed by atoms with van der Waals surface area (Å²) in [6.45, 7) is 6.40. The van der Waals surface area contributed by atoms with Gasteiger partial charge >= 0.3 is 5.97 Å². The van der Waals surface area contributed by atoms with Gasteiger partial charge < -0.3 is 10.4 Å². The van der Waals surface area contributed by atoms with Crippen molar-refractivity contribution in [3.63, 3.8) is 0 Å². The van der Waals surface area contributed by atoms with Gasteiger partial charge in [0.05, 0.1) is 18.0 Å². The molecule has 4 atom stereocenters. The predicted octanol–water partition coefficient (Wildman–Crippen LogP) is 2.04. The first-order valence-corrected chi connectivity index (χ1v) is 8.48. The number of aliphatic carboxylic acids is 1. The molecule has 0 saturated heterocycles. The van der Waals surface area contributed by atoms with Gasteiger partial charge in [-0.05, 0) is 45.4 Å². The zero-order chi connectivity index (χ0) is 17.6. The second-order valence-electron chi connectivity index (χ2n) is 7.23. The van der Waals surface area contributed by atoms with Gasteiger partial charge in [0, 0.05) is 24.8 Å². The highest BCUT2D eigenvalue weighted by atomic mass is 16.4. The number of hydrogen-bond acceptors (Lipinski definition) is 3. The van der Waals surface area contributed by atoms with Gasteiger partial charge in [-0.3, -0.25) is 14.3 Å². The van der Waals surface area contributed by atoms with Crippen molar-refractivity contribution in [1.29, 1.82) is 0 Å². The molecule has 1 heterocycles. The van der Waals surface area contributed by atoms with E-state index in [0.29, 0.717) is 6.54 Å². The number of carbonyl (C=O) groups is 2. The molecule has 1 amide bonds. The van der Waals surface area contributed by atoms with Crippen molar-refractivity contribution in [2.24, 2.45) is 30.7 Å². The minimum atomic E-state index is -0.848. The molecule has 2 aliphatic rings. The van der Waals surface area contributed by atoms with E-state index >= 15 is 0 Å². The first-order valence-electron chi connectivity index (χ1n) is 8.48. The molecule has 2 saturated carbocycles. The van der Waals surface area contributed by atoms with Gasteiger partial charge in [0.15, 0.2) is 0 Å². The van der Waals surface area contributed by atoms with E-state index in [0.717, 1.165) is 24.1 Å². The number of allylic oxidation sites excluding steroid dienone is 2. The Balaban J connectivity index is 1.79. The molecule has 2 fully saturated rings. The Kier molecular flexibility index (Phi) is 4.24. The Labute approximate surface area is 141 Å². The summed E-state index contributed by atoms with van der Waals surface area (Å²) in [5.74, 6) is -1.94. The maximum Gasteiger partial charge on any atom is 0.307 e.